The highest BCUT2D eigenvalue weighted by molar-refractivity contribution is 7.99. The van der Waals surface area contributed by atoms with Crippen molar-refractivity contribution < 1.29 is 9.53 Å². The first-order valence-corrected chi connectivity index (χ1v) is 10.6. The molecule has 3 aromatic rings. The van der Waals surface area contributed by atoms with Gasteiger partial charge in [0.2, 0.25) is 5.91 Å². The third kappa shape index (κ3) is 4.92. The fourth-order valence-corrected chi connectivity index (χ4v) is 4.14. The maximum absolute atomic E-state index is 12.4. The average molecular weight is 431 g/mol. The molecule has 0 aliphatic rings. The Kier molecular flexibility index (Phi) is 7.17. The van der Waals surface area contributed by atoms with E-state index < -0.39 is 0 Å². The summed E-state index contributed by atoms with van der Waals surface area (Å²) in [5, 5.41) is 12.9. The summed E-state index contributed by atoms with van der Waals surface area (Å²) in [5.41, 5.74) is 1.76. The quantitative estimate of drug-likeness (QED) is 0.529. The lowest BCUT2D eigenvalue weighted by Crippen LogP contribution is -2.28. The summed E-state index contributed by atoms with van der Waals surface area (Å²) < 4.78 is 7.42. The monoisotopic (exact) mass is 430 g/mol. The number of hydrogen-bond donors (Lipinski definition) is 1. The summed E-state index contributed by atoms with van der Waals surface area (Å²) in [6.45, 7) is 4.62. The Morgan fingerprint density at radius 1 is 1.21 bits per heavy atom. The number of halogens is 1. The molecule has 0 radical (unpaired) electrons. The Hall–Kier alpha value is -2.51. The van der Waals surface area contributed by atoms with Crippen molar-refractivity contribution >= 4 is 29.3 Å². The van der Waals surface area contributed by atoms with E-state index in [-0.39, 0.29) is 17.7 Å². The average Bonchev–Trinajstić information content (AvgIpc) is 3.15. The molecule has 1 aromatic heterocycles. The summed E-state index contributed by atoms with van der Waals surface area (Å²) in [6.07, 6.45) is 0. The second kappa shape index (κ2) is 9.80. The molecule has 1 amide bonds. The number of para-hydroxylation sites is 1. The molecule has 3 rings (SSSR count). The topological polar surface area (TPSA) is 69.0 Å². The highest BCUT2D eigenvalue weighted by Gasteiger charge is 2.18. The Balaban J connectivity index is 1.69. The Morgan fingerprint density at radius 3 is 2.66 bits per heavy atom. The largest absolute Gasteiger partial charge is 0.496 e. The first-order valence-electron chi connectivity index (χ1n) is 9.28. The van der Waals surface area contributed by atoms with Gasteiger partial charge in [-0.05, 0) is 37.6 Å². The van der Waals surface area contributed by atoms with Gasteiger partial charge in [0.05, 0.1) is 24.5 Å². The molecule has 0 saturated heterocycles. The number of rotatable bonds is 8. The van der Waals surface area contributed by atoms with E-state index in [1.54, 1.807) is 7.11 Å². The van der Waals surface area contributed by atoms with E-state index in [1.165, 1.54) is 11.8 Å². The molecule has 152 valence electrons. The molecule has 0 aliphatic carbocycles. The maximum Gasteiger partial charge on any atom is 0.230 e. The molecule has 0 bridgehead atoms. The van der Waals surface area contributed by atoms with E-state index in [2.05, 4.69) is 15.5 Å². The molecule has 1 N–H and O–H groups in total. The highest BCUT2D eigenvalue weighted by atomic mass is 35.5. The van der Waals surface area contributed by atoms with Gasteiger partial charge in [-0.3, -0.25) is 4.79 Å². The van der Waals surface area contributed by atoms with E-state index >= 15 is 0 Å². The van der Waals surface area contributed by atoms with E-state index in [4.69, 9.17) is 16.3 Å². The van der Waals surface area contributed by atoms with Crippen LogP contribution in [0.15, 0.2) is 53.7 Å². The first-order chi connectivity index (χ1) is 14.0. The summed E-state index contributed by atoms with van der Waals surface area (Å²) in [6, 6.07) is 15.0. The van der Waals surface area contributed by atoms with Crippen LogP contribution in [0.4, 0.5) is 0 Å². The van der Waals surface area contributed by atoms with Crippen molar-refractivity contribution in [1.29, 1.82) is 0 Å². The number of benzene rings is 2. The van der Waals surface area contributed by atoms with Gasteiger partial charge in [-0.25, -0.2) is 0 Å². The fraction of sp³-hybridized carbons (Fsp3) is 0.286. The van der Waals surface area contributed by atoms with Crippen LogP contribution < -0.4 is 10.1 Å². The van der Waals surface area contributed by atoms with Crippen LogP contribution in [0.3, 0.4) is 0 Å². The molecule has 1 heterocycles. The molecule has 8 heteroatoms. The van der Waals surface area contributed by atoms with Crippen molar-refractivity contribution in [3.63, 3.8) is 0 Å². The van der Waals surface area contributed by atoms with Gasteiger partial charge >= 0.3 is 0 Å². The zero-order valence-electron chi connectivity index (χ0n) is 16.6. The molecule has 1 unspecified atom stereocenters. The number of nitrogens with one attached hydrogen (secondary N) is 1. The van der Waals surface area contributed by atoms with Gasteiger partial charge in [0, 0.05) is 11.6 Å². The van der Waals surface area contributed by atoms with E-state index in [0.29, 0.717) is 16.7 Å². The van der Waals surface area contributed by atoms with Gasteiger partial charge in [-0.1, -0.05) is 53.7 Å². The normalized spacial score (nSPS) is 11.9. The van der Waals surface area contributed by atoms with Gasteiger partial charge in [0.1, 0.15) is 5.75 Å². The predicted octanol–water partition coefficient (Wildman–Crippen LogP) is 4.60. The minimum Gasteiger partial charge on any atom is -0.496 e. The number of aromatic nitrogens is 3. The first kappa shape index (κ1) is 21.2. The SMILES string of the molecule is CCn1c(SCC(=O)NC(C)c2ccccc2Cl)nnc1-c1ccccc1OC. The minimum atomic E-state index is -0.176. The van der Waals surface area contributed by atoms with Crippen LogP contribution in [0.5, 0.6) is 5.75 Å². The summed E-state index contributed by atoms with van der Waals surface area (Å²) >= 11 is 7.57. The van der Waals surface area contributed by atoms with Crippen LogP contribution in [0.1, 0.15) is 25.5 Å². The molecular weight excluding hydrogens is 408 g/mol. The molecule has 0 aliphatic heterocycles. The van der Waals surface area contributed by atoms with Crippen molar-refractivity contribution in [3.8, 4) is 17.1 Å². The summed E-state index contributed by atoms with van der Waals surface area (Å²) in [5.74, 6) is 1.60. The number of methoxy groups -OCH3 is 1. The molecule has 1 atom stereocenters. The maximum atomic E-state index is 12.4. The highest BCUT2D eigenvalue weighted by Crippen LogP contribution is 2.31. The Morgan fingerprint density at radius 2 is 1.93 bits per heavy atom. The second-order valence-corrected chi connectivity index (χ2v) is 7.70. The van der Waals surface area contributed by atoms with Gasteiger partial charge < -0.3 is 14.6 Å². The lowest BCUT2D eigenvalue weighted by atomic mass is 10.1. The van der Waals surface area contributed by atoms with Crippen molar-refractivity contribution in [2.75, 3.05) is 12.9 Å². The molecule has 0 spiro atoms. The van der Waals surface area contributed by atoms with Crippen molar-refractivity contribution in [3.05, 3.63) is 59.1 Å². The van der Waals surface area contributed by atoms with Crippen LogP contribution in [0.25, 0.3) is 11.4 Å². The molecule has 29 heavy (non-hydrogen) atoms. The van der Waals surface area contributed by atoms with Crippen LogP contribution >= 0.6 is 23.4 Å². The number of thioether (sulfide) groups is 1. The molecular formula is C21H23ClN4O2S. The lowest BCUT2D eigenvalue weighted by molar-refractivity contribution is -0.119. The van der Waals surface area contributed by atoms with Crippen LogP contribution in [-0.2, 0) is 11.3 Å². The van der Waals surface area contributed by atoms with Gasteiger partial charge in [-0.15, -0.1) is 10.2 Å². The van der Waals surface area contributed by atoms with Gasteiger partial charge in [0.15, 0.2) is 11.0 Å². The number of ether oxygens (including phenoxy) is 1. The number of nitrogens with zero attached hydrogens (tertiary/aromatic N) is 3. The van der Waals surface area contributed by atoms with Crippen LogP contribution in [-0.4, -0.2) is 33.5 Å². The zero-order valence-corrected chi connectivity index (χ0v) is 18.1. The minimum absolute atomic E-state index is 0.0908. The number of carbonyl (C=O) groups excluding carboxylic acids is 1. The van der Waals surface area contributed by atoms with Crippen molar-refractivity contribution in [2.24, 2.45) is 0 Å². The van der Waals surface area contributed by atoms with Crippen LogP contribution in [0, 0.1) is 0 Å². The summed E-state index contributed by atoms with van der Waals surface area (Å²) in [7, 11) is 1.63. The number of amides is 1. The zero-order chi connectivity index (χ0) is 20.8. The Labute approximate surface area is 179 Å². The van der Waals surface area contributed by atoms with Crippen LogP contribution in [0.2, 0.25) is 5.02 Å². The van der Waals surface area contributed by atoms with Gasteiger partial charge in [0.25, 0.3) is 0 Å². The Bertz CT molecular complexity index is 992. The smallest absolute Gasteiger partial charge is 0.230 e. The van der Waals surface area contributed by atoms with E-state index in [1.807, 2.05) is 66.9 Å². The fourth-order valence-electron chi connectivity index (χ4n) is 3.03. The molecule has 0 fully saturated rings. The number of carbonyl (C=O) groups is 1. The predicted molar refractivity (Wildman–Crippen MR) is 116 cm³/mol. The van der Waals surface area contributed by atoms with Gasteiger partial charge in [-0.2, -0.15) is 0 Å². The van der Waals surface area contributed by atoms with E-state index in [0.717, 1.165) is 22.7 Å². The summed E-state index contributed by atoms with van der Waals surface area (Å²) in [4.78, 5) is 12.4. The molecule has 2 aromatic carbocycles. The van der Waals surface area contributed by atoms with Crippen molar-refractivity contribution in [2.45, 2.75) is 31.6 Å². The third-order valence-electron chi connectivity index (χ3n) is 4.46. The third-order valence-corrected chi connectivity index (χ3v) is 5.77. The van der Waals surface area contributed by atoms with Crippen molar-refractivity contribution in [1.82, 2.24) is 20.1 Å². The second-order valence-electron chi connectivity index (χ2n) is 6.35. The lowest BCUT2D eigenvalue weighted by Gasteiger charge is -2.15. The van der Waals surface area contributed by atoms with E-state index in [9.17, 15) is 4.79 Å². The molecule has 6 nitrogen and oxygen atoms in total. The number of hydrogen-bond acceptors (Lipinski definition) is 5. The standard InChI is InChI=1S/C21H23ClN4O2S/c1-4-26-20(16-10-6-8-12-18(16)28-3)24-25-21(26)29-13-19(27)23-14(2)15-9-5-7-11-17(15)22/h5-12,14H,4,13H2,1-3H3,(H,23,27). The molecule has 0 saturated carbocycles.